The number of imide groups is 1. The Hall–Kier alpha value is -1.72. The highest BCUT2D eigenvalue weighted by molar-refractivity contribution is 6.21. The van der Waals surface area contributed by atoms with Crippen LogP contribution in [0.2, 0.25) is 0 Å². The molecule has 2 heterocycles. The van der Waals surface area contributed by atoms with Gasteiger partial charge in [-0.05, 0) is 26.0 Å². The number of nitrogens with zero attached hydrogens (tertiary/aromatic N) is 2. The zero-order chi connectivity index (χ0) is 15.0. The first-order valence-electron chi connectivity index (χ1n) is 7.40. The summed E-state index contributed by atoms with van der Waals surface area (Å²) in [6.07, 6.45) is 0. The van der Waals surface area contributed by atoms with Gasteiger partial charge in [0.2, 0.25) is 0 Å². The summed E-state index contributed by atoms with van der Waals surface area (Å²) in [5.74, 6) is -0.324. The van der Waals surface area contributed by atoms with Crippen molar-refractivity contribution in [3.05, 3.63) is 35.4 Å². The fourth-order valence-electron chi connectivity index (χ4n) is 3.12. The van der Waals surface area contributed by atoms with E-state index in [2.05, 4.69) is 24.1 Å². The maximum atomic E-state index is 12.3. The summed E-state index contributed by atoms with van der Waals surface area (Å²) in [6, 6.07) is 7.05. The van der Waals surface area contributed by atoms with Crippen molar-refractivity contribution in [2.45, 2.75) is 19.4 Å². The van der Waals surface area contributed by atoms with Gasteiger partial charge in [-0.2, -0.15) is 0 Å². The zero-order valence-corrected chi connectivity index (χ0v) is 12.6. The Kier molecular flexibility index (Phi) is 3.55. The number of rotatable bonds is 3. The molecule has 0 bridgehead atoms. The first kappa shape index (κ1) is 14.2. The van der Waals surface area contributed by atoms with Crippen LogP contribution in [0.1, 0.15) is 34.6 Å². The fraction of sp³-hybridized carbons (Fsp3) is 0.500. The summed E-state index contributed by atoms with van der Waals surface area (Å²) in [5.41, 5.74) is 1.14. The van der Waals surface area contributed by atoms with E-state index < -0.39 is 0 Å². The maximum absolute atomic E-state index is 12.3. The lowest BCUT2D eigenvalue weighted by Crippen LogP contribution is -2.58. The van der Waals surface area contributed by atoms with Crippen LogP contribution < -0.4 is 5.32 Å². The molecule has 0 aromatic heterocycles. The van der Waals surface area contributed by atoms with Crippen molar-refractivity contribution >= 4 is 11.8 Å². The van der Waals surface area contributed by atoms with Crippen molar-refractivity contribution in [3.8, 4) is 0 Å². The Bertz CT molecular complexity index is 548. The minimum Gasteiger partial charge on any atom is -0.309 e. The Morgan fingerprint density at radius 3 is 2.29 bits per heavy atom. The molecule has 3 rings (SSSR count). The monoisotopic (exact) mass is 287 g/mol. The second-order valence-electron chi connectivity index (χ2n) is 6.39. The molecule has 0 atom stereocenters. The van der Waals surface area contributed by atoms with Gasteiger partial charge in [0, 0.05) is 38.3 Å². The van der Waals surface area contributed by atoms with Crippen LogP contribution in [0.5, 0.6) is 0 Å². The highest BCUT2D eigenvalue weighted by Crippen LogP contribution is 2.22. The van der Waals surface area contributed by atoms with Crippen LogP contribution in [0.25, 0.3) is 0 Å². The molecule has 2 aliphatic heterocycles. The summed E-state index contributed by atoms with van der Waals surface area (Å²) >= 11 is 0. The zero-order valence-electron chi connectivity index (χ0n) is 12.6. The molecule has 5 heteroatoms. The van der Waals surface area contributed by atoms with E-state index in [0.29, 0.717) is 17.7 Å². The number of hydrogen-bond acceptors (Lipinski definition) is 4. The molecule has 0 saturated carbocycles. The molecule has 1 N–H and O–H groups in total. The summed E-state index contributed by atoms with van der Waals surface area (Å²) < 4.78 is 0. The van der Waals surface area contributed by atoms with Gasteiger partial charge in [0.25, 0.3) is 11.8 Å². The number of fused-ring (bicyclic) bond motifs is 1. The van der Waals surface area contributed by atoms with Crippen molar-refractivity contribution in [2.75, 3.05) is 32.7 Å². The molecule has 2 amide bonds. The molecule has 0 spiro atoms. The Morgan fingerprint density at radius 2 is 1.71 bits per heavy atom. The van der Waals surface area contributed by atoms with Crippen molar-refractivity contribution in [2.24, 2.45) is 0 Å². The van der Waals surface area contributed by atoms with E-state index in [9.17, 15) is 9.59 Å². The number of hydrogen-bond donors (Lipinski definition) is 1. The first-order valence-corrected chi connectivity index (χ1v) is 7.40. The smallest absolute Gasteiger partial charge is 0.261 e. The second kappa shape index (κ2) is 5.24. The molecular formula is C16H21N3O2. The molecule has 0 unspecified atom stereocenters. The lowest BCUT2D eigenvalue weighted by atomic mass is 10.0. The van der Waals surface area contributed by atoms with Crippen molar-refractivity contribution in [3.63, 3.8) is 0 Å². The van der Waals surface area contributed by atoms with Crippen LogP contribution >= 0.6 is 0 Å². The topological polar surface area (TPSA) is 52.7 Å². The predicted octanol–water partition coefficient (Wildman–Crippen LogP) is 0.966. The van der Waals surface area contributed by atoms with Crippen molar-refractivity contribution in [1.29, 1.82) is 0 Å². The van der Waals surface area contributed by atoms with Gasteiger partial charge in [-0.1, -0.05) is 12.1 Å². The van der Waals surface area contributed by atoms with Gasteiger partial charge in [0.15, 0.2) is 0 Å². The fourth-order valence-corrected chi connectivity index (χ4v) is 3.12. The van der Waals surface area contributed by atoms with Crippen LogP contribution in [-0.2, 0) is 0 Å². The molecule has 1 aromatic rings. The van der Waals surface area contributed by atoms with Crippen LogP contribution in [0.3, 0.4) is 0 Å². The van der Waals surface area contributed by atoms with Gasteiger partial charge in [-0.3, -0.25) is 19.4 Å². The Balaban J connectivity index is 1.65. The summed E-state index contributed by atoms with van der Waals surface area (Å²) in [4.78, 5) is 28.2. The van der Waals surface area contributed by atoms with Gasteiger partial charge in [0.1, 0.15) is 0 Å². The summed E-state index contributed by atoms with van der Waals surface area (Å²) in [6.45, 7) is 8.35. The molecule has 5 nitrogen and oxygen atoms in total. The van der Waals surface area contributed by atoms with E-state index in [1.807, 2.05) is 0 Å². The number of nitrogens with one attached hydrogen (secondary N) is 1. The van der Waals surface area contributed by atoms with Crippen LogP contribution in [-0.4, -0.2) is 59.9 Å². The molecule has 2 aliphatic rings. The summed E-state index contributed by atoms with van der Waals surface area (Å²) in [5, 5.41) is 3.46. The quantitative estimate of drug-likeness (QED) is 0.842. The van der Waals surface area contributed by atoms with Gasteiger partial charge in [-0.25, -0.2) is 0 Å². The molecule has 0 radical (unpaired) electrons. The third-order valence-corrected chi connectivity index (χ3v) is 4.17. The van der Waals surface area contributed by atoms with Crippen molar-refractivity contribution in [1.82, 2.24) is 15.1 Å². The lowest BCUT2D eigenvalue weighted by Gasteiger charge is -2.39. The Labute approximate surface area is 124 Å². The number of carbonyl (C=O) groups excluding carboxylic acids is 2. The van der Waals surface area contributed by atoms with Gasteiger partial charge < -0.3 is 5.32 Å². The standard InChI is InChI=1S/C16H21N3O2/c1-16(2)11-18(8-7-17-16)9-10-19-14(20)12-5-3-4-6-13(12)15(19)21/h3-6,17H,7-11H2,1-2H3. The molecule has 1 saturated heterocycles. The van der Waals surface area contributed by atoms with Gasteiger partial charge >= 0.3 is 0 Å². The highest BCUT2D eigenvalue weighted by atomic mass is 16.2. The Morgan fingerprint density at radius 1 is 1.10 bits per heavy atom. The normalized spacial score (nSPS) is 21.7. The molecular weight excluding hydrogens is 266 g/mol. The molecule has 1 fully saturated rings. The maximum Gasteiger partial charge on any atom is 0.261 e. The molecule has 1 aromatic carbocycles. The summed E-state index contributed by atoms with van der Waals surface area (Å²) in [7, 11) is 0. The van der Waals surface area contributed by atoms with E-state index in [1.54, 1.807) is 24.3 Å². The highest BCUT2D eigenvalue weighted by Gasteiger charge is 2.35. The molecule has 112 valence electrons. The lowest BCUT2D eigenvalue weighted by molar-refractivity contribution is 0.0620. The van der Waals surface area contributed by atoms with E-state index in [4.69, 9.17) is 0 Å². The van der Waals surface area contributed by atoms with Crippen LogP contribution in [0.15, 0.2) is 24.3 Å². The van der Waals surface area contributed by atoms with E-state index >= 15 is 0 Å². The predicted molar refractivity (Wildman–Crippen MR) is 80.3 cm³/mol. The van der Waals surface area contributed by atoms with Crippen LogP contribution in [0.4, 0.5) is 0 Å². The number of carbonyl (C=O) groups is 2. The van der Waals surface area contributed by atoms with Gasteiger partial charge in [-0.15, -0.1) is 0 Å². The minimum absolute atomic E-state index is 0.0836. The van der Waals surface area contributed by atoms with Gasteiger partial charge in [0.05, 0.1) is 11.1 Å². The third-order valence-electron chi connectivity index (χ3n) is 4.17. The molecule has 21 heavy (non-hydrogen) atoms. The first-order chi connectivity index (χ1) is 9.98. The molecule has 0 aliphatic carbocycles. The van der Waals surface area contributed by atoms with E-state index in [1.165, 1.54) is 4.90 Å². The second-order valence-corrected chi connectivity index (χ2v) is 6.39. The van der Waals surface area contributed by atoms with Crippen molar-refractivity contribution < 1.29 is 9.59 Å². The number of amides is 2. The average Bonchev–Trinajstić information content (AvgIpc) is 2.69. The number of benzene rings is 1. The van der Waals surface area contributed by atoms with Crippen LogP contribution in [0, 0.1) is 0 Å². The SMILES string of the molecule is CC1(C)CN(CCN2C(=O)c3ccccc3C2=O)CCN1. The van der Waals surface area contributed by atoms with E-state index in [-0.39, 0.29) is 17.4 Å². The number of piperazine rings is 1. The average molecular weight is 287 g/mol. The third kappa shape index (κ3) is 2.71. The van der Waals surface area contributed by atoms with E-state index in [0.717, 1.165) is 26.2 Å². The largest absolute Gasteiger partial charge is 0.309 e. The minimum atomic E-state index is -0.162.